The van der Waals surface area contributed by atoms with E-state index < -0.39 is 23.7 Å². The van der Waals surface area contributed by atoms with Crippen LogP contribution in [-0.4, -0.2) is 33.8 Å². The number of aliphatic carboxylic acids is 1. The number of carbonyl (C=O) groups excluding carboxylic acids is 2. The first kappa shape index (κ1) is 13.8. The largest absolute Gasteiger partial charge is 0.479 e. The van der Waals surface area contributed by atoms with E-state index in [1.807, 2.05) is 24.3 Å². The standard InChI is InChI=1S/C14H14N2O4/c1-8(17)13(14(19)20)16-12(18)6-9-7-15-11-5-3-2-4-10(9)11/h2-5,7,13,15H,6H2,1H3,(H,16,18)(H,19,20). The van der Waals surface area contributed by atoms with Gasteiger partial charge < -0.3 is 15.4 Å². The molecule has 1 amide bonds. The van der Waals surface area contributed by atoms with Gasteiger partial charge in [-0.3, -0.25) is 9.59 Å². The number of H-pyrrole nitrogens is 1. The van der Waals surface area contributed by atoms with Crippen LogP contribution in [0.5, 0.6) is 0 Å². The lowest BCUT2D eigenvalue weighted by atomic mass is 10.1. The summed E-state index contributed by atoms with van der Waals surface area (Å²) in [6.45, 7) is 1.13. The average molecular weight is 274 g/mol. The van der Waals surface area contributed by atoms with Gasteiger partial charge in [0.1, 0.15) is 0 Å². The lowest BCUT2D eigenvalue weighted by Crippen LogP contribution is -2.46. The minimum absolute atomic E-state index is 0.0150. The molecule has 0 radical (unpaired) electrons. The zero-order valence-corrected chi connectivity index (χ0v) is 10.8. The lowest BCUT2D eigenvalue weighted by Gasteiger charge is -2.10. The zero-order chi connectivity index (χ0) is 14.7. The number of Topliss-reactive ketones (excluding diaryl/α,β-unsaturated/α-hetero) is 1. The molecule has 0 bridgehead atoms. The second-order valence-corrected chi connectivity index (χ2v) is 4.49. The van der Waals surface area contributed by atoms with Crippen LogP contribution in [0.1, 0.15) is 12.5 Å². The van der Waals surface area contributed by atoms with Gasteiger partial charge in [-0.25, -0.2) is 4.79 Å². The van der Waals surface area contributed by atoms with Crippen LogP contribution in [-0.2, 0) is 20.8 Å². The van der Waals surface area contributed by atoms with Crippen molar-refractivity contribution < 1.29 is 19.5 Å². The van der Waals surface area contributed by atoms with Crippen molar-refractivity contribution in [2.24, 2.45) is 0 Å². The molecule has 1 atom stereocenters. The first-order valence-electron chi connectivity index (χ1n) is 6.06. The summed E-state index contributed by atoms with van der Waals surface area (Å²) in [5.41, 5.74) is 1.66. The molecule has 6 nitrogen and oxygen atoms in total. The number of amides is 1. The number of rotatable bonds is 5. The van der Waals surface area contributed by atoms with E-state index in [1.54, 1.807) is 6.20 Å². The number of aromatic nitrogens is 1. The molecule has 3 N–H and O–H groups in total. The van der Waals surface area contributed by atoms with Crippen molar-refractivity contribution in [1.82, 2.24) is 10.3 Å². The van der Waals surface area contributed by atoms with Crippen molar-refractivity contribution in [3.63, 3.8) is 0 Å². The molecule has 1 aromatic heterocycles. The third-order valence-electron chi connectivity index (χ3n) is 2.98. The number of carboxylic acid groups (broad SMARTS) is 1. The van der Waals surface area contributed by atoms with Crippen LogP contribution in [0.25, 0.3) is 10.9 Å². The number of ketones is 1. The number of aromatic amines is 1. The number of benzene rings is 1. The number of fused-ring (bicyclic) bond motifs is 1. The van der Waals surface area contributed by atoms with E-state index >= 15 is 0 Å². The molecule has 20 heavy (non-hydrogen) atoms. The normalized spacial score (nSPS) is 12.1. The average Bonchev–Trinajstić information content (AvgIpc) is 2.79. The van der Waals surface area contributed by atoms with Crippen molar-refractivity contribution in [2.75, 3.05) is 0 Å². The van der Waals surface area contributed by atoms with Crippen LogP contribution in [0.15, 0.2) is 30.5 Å². The molecule has 6 heteroatoms. The van der Waals surface area contributed by atoms with Crippen LogP contribution < -0.4 is 5.32 Å². The van der Waals surface area contributed by atoms with E-state index in [4.69, 9.17) is 5.11 Å². The van der Waals surface area contributed by atoms with Crippen LogP contribution >= 0.6 is 0 Å². The first-order valence-corrected chi connectivity index (χ1v) is 6.06. The molecule has 0 fully saturated rings. The van der Waals surface area contributed by atoms with Crippen molar-refractivity contribution in [3.05, 3.63) is 36.0 Å². The Morgan fingerprint density at radius 3 is 2.65 bits per heavy atom. The van der Waals surface area contributed by atoms with E-state index in [-0.39, 0.29) is 6.42 Å². The number of hydrogen-bond donors (Lipinski definition) is 3. The van der Waals surface area contributed by atoms with Crippen molar-refractivity contribution in [3.8, 4) is 0 Å². The minimum Gasteiger partial charge on any atom is -0.479 e. The van der Waals surface area contributed by atoms with Gasteiger partial charge in [-0.15, -0.1) is 0 Å². The summed E-state index contributed by atoms with van der Waals surface area (Å²) in [6.07, 6.45) is 1.72. The summed E-state index contributed by atoms with van der Waals surface area (Å²) in [4.78, 5) is 36.8. The smallest absolute Gasteiger partial charge is 0.334 e. The van der Waals surface area contributed by atoms with Crippen molar-refractivity contribution >= 4 is 28.6 Å². The molecule has 2 aromatic rings. The molecule has 0 aliphatic heterocycles. The second kappa shape index (κ2) is 5.56. The number of carboxylic acids is 1. The number of nitrogens with one attached hydrogen (secondary N) is 2. The summed E-state index contributed by atoms with van der Waals surface area (Å²) < 4.78 is 0. The Morgan fingerprint density at radius 1 is 1.30 bits per heavy atom. The van der Waals surface area contributed by atoms with E-state index in [0.717, 1.165) is 23.4 Å². The summed E-state index contributed by atoms with van der Waals surface area (Å²) in [6, 6.07) is 5.99. The van der Waals surface area contributed by atoms with Gasteiger partial charge in [-0.1, -0.05) is 18.2 Å². The molecule has 1 unspecified atom stereocenters. The highest BCUT2D eigenvalue weighted by Gasteiger charge is 2.24. The Morgan fingerprint density at radius 2 is 2.00 bits per heavy atom. The molecule has 1 heterocycles. The summed E-state index contributed by atoms with van der Waals surface area (Å²) in [7, 11) is 0. The van der Waals surface area contributed by atoms with Crippen molar-refractivity contribution in [1.29, 1.82) is 0 Å². The Hall–Kier alpha value is -2.63. The third kappa shape index (κ3) is 2.85. The van der Waals surface area contributed by atoms with Gasteiger partial charge in [0.05, 0.1) is 6.42 Å². The summed E-state index contributed by atoms with van der Waals surface area (Å²) in [5.74, 6) is -2.47. The lowest BCUT2D eigenvalue weighted by molar-refractivity contribution is -0.145. The Labute approximate surface area is 114 Å². The summed E-state index contributed by atoms with van der Waals surface area (Å²) in [5, 5.41) is 12.0. The molecule has 0 aliphatic rings. The van der Waals surface area contributed by atoms with E-state index in [1.165, 1.54) is 0 Å². The van der Waals surface area contributed by atoms with E-state index in [9.17, 15) is 14.4 Å². The number of carbonyl (C=O) groups is 3. The Balaban J connectivity index is 2.12. The van der Waals surface area contributed by atoms with Gasteiger partial charge in [0.2, 0.25) is 5.91 Å². The Kier molecular flexibility index (Phi) is 3.84. The zero-order valence-electron chi connectivity index (χ0n) is 10.8. The van der Waals surface area contributed by atoms with Crippen LogP contribution in [0, 0.1) is 0 Å². The van der Waals surface area contributed by atoms with Gasteiger partial charge in [0.25, 0.3) is 0 Å². The van der Waals surface area contributed by atoms with Crippen molar-refractivity contribution in [2.45, 2.75) is 19.4 Å². The van der Waals surface area contributed by atoms with Gasteiger partial charge in [-0.05, 0) is 18.6 Å². The molecule has 0 aliphatic carbocycles. The fourth-order valence-corrected chi connectivity index (χ4v) is 2.00. The molecule has 2 rings (SSSR count). The SMILES string of the molecule is CC(=O)C(NC(=O)Cc1c[nH]c2ccccc12)C(=O)O. The van der Waals surface area contributed by atoms with Crippen LogP contribution in [0.4, 0.5) is 0 Å². The number of para-hydroxylation sites is 1. The van der Waals surface area contributed by atoms with Gasteiger partial charge in [0.15, 0.2) is 11.8 Å². The quantitative estimate of drug-likeness (QED) is 0.704. The highest BCUT2D eigenvalue weighted by atomic mass is 16.4. The van der Waals surface area contributed by atoms with Gasteiger partial charge >= 0.3 is 5.97 Å². The number of hydrogen-bond acceptors (Lipinski definition) is 3. The molecule has 0 spiro atoms. The van der Waals surface area contributed by atoms with Gasteiger partial charge in [-0.2, -0.15) is 0 Å². The molecular formula is C14H14N2O4. The fraction of sp³-hybridized carbons (Fsp3) is 0.214. The summed E-state index contributed by atoms with van der Waals surface area (Å²) >= 11 is 0. The third-order valence-corrected chi connectivity index (χ3v) is 2.98. The second-order valence-electron chi connectivity index (χ2n) is 4.49. The predicted octanol–water partition coefficient (Wildman–Crippen LogP) is 0.869. The highest BCUT2D eigenvalue weighted by molar-refractivity contribution is 6.04. The topological polar surface area (TPSA) is 99.3 Å². The van der Waals surface area contributed by atoms with Gasteiger partial charge in [0, 0.05) is 17.1 Å². The molecule has 104 valence electrons. The fourth-order valence-electron chi connectivity index (χ4n) is 2.00. The van der Waals surface area contributed by atoms with Crippen LogP contribution in [0.2, 0.25) is 0 Å². The molecular weight excluding hydrogens is 260 g/mol. The highest BCUT2D eigenvalue weighted by Crippen LogP contribution is 2.17. The molecule has 0 saturated carbocycles. The van der Waals surface area contributed by atoms with E-state index in [2.05, 4.69) is 10.3 Å². The molecule has 1 aromatic carbocycles. The van der Waals surface area contributed by atoms with Crippen LogP contribution in [0.3, 0.4) is 0 Å². The molecule has 0 saturated heterocycles. The monoisotopic (exact) mass is 274 g/mol. The maximum Gasteiger partial charge on any atom is 0.334 e. The minimum atomic E-state index is -1.49. The maximum absolute atomic E-state index is 11.8. The predicted molar refractivity (Wildman–Crippen MR) is 72.3 cm³/mol. The Bertz CT molecular complexity index is 661. The van der Waals surface area contributed by atoms with E-state index in [0.29, 0.717) is 0 Å². The first-order chi connectivity index (χ1) is 9.49. The maximum atomic E-state index is 11.8.